The van der Waals surface area contributed by atoms with Gasteiger partial charge in [0.1, 0.15) is 11.9 Å². The van der Waals surface area contributed by atoms with Crippen LogP contribution in [0.2, 0.25) is 0 Å². The maximum Gasteiger partial charge on any atom is 0.338 e. The van der Waals surface area contributed by atoms with Crippen molar-refractivity contribution in [3.63, 3.8) is 0 Å². The molecule has 1 unspecified atom stereocenters. The third-order valence-corrected chi connectivity index (χ3v) is 2.66. The van der Waals surface area contributed by atoms with Gasteiger partial charge in [0.2, 0.25) is 0 Å². The predicted molar refractivity (Wildman–Crippen MR) is 68.4 cm³/mol. The average Bonchev–Trinajstić information content (AvgIpc) is 2.40. The second-order valence-corrected chi connectivity index (χ2v) is 4.01. The van der Waals surface area contributed by atoms with E-state index in [1.54, 1.807) is 0 Å². The summed E-state index contributed by atoms with van der Waals surface area (Å²) in [4.78, 5) is 11.8. The van der Waals surface area contributed by atoms with Crippen LogP contribution < -0.4 is 0 Å². The maximum absolute atomic E-state index is 11.8. The number of rotatable bonds is 3. The molecule has 18 heavy (non-hydrogen) atoms. The van der Waals surface area contributed by atoms with E-state index in [9.17, 15) is 4.79 Å². The number of aromatic hydroxyl groups is 1. The van der Waals surface area contributed by atoms with Crippen LogP contribution in [0.15, 0.2) is 54.6 Å². The minimum Gasteiger partial charge on any atom is -0.508 e. The van der Waals surface area contributed by atoms with E-state index in [0.717, 1.165) is 5.56 Å². The van der Waals surface area contributed by atoms with E-state index >= 15 is 0 Å². The largest absolute Gasteiger partial charge is 0.508 e. The van der Waals surface area contributed by atoms with Crippen LogP contribution in [0.1, 0.15) is 28.9 Å². The monoisotopic (exact) mass is 242 g/mol. The fraction of sp³-hybridized carbons (Fsp3) is 0.133. The van der Waals surface area contributed by atoms with Crippen molar-refractivity contribution in [1.82, 2.24) is 0 Å². The molecule has 0 aliphatic rings. The summed E-state index contributed by atoms with van der Waals surface area (Å²) in [5, 5.41) is 9.15. The van der Waals surface area contributed by atoms with E-state index < -0.39 is 5.97 Å². The number of benzene rings is 2. The molecule has 0 aliphatic heterocycles. The molecule has 2 aromatic carbocycles. The molecule has 2 aromatic rings. The van der Waals surface area contributed by atoms with Gasteiger partial charge >= 0.3 is 5.97 Å². The van der Waals surface area contributed by atoms with Crippen LogP contribution in [-0.2, 0) is 4.74 Å². The molecule has 3 heteroatoms. The predicted octanol–water partition coefficient (Wildman–Crippen LogP) is 3.31. The molecule has 92 valence electrons. The molecule has 3 nitrogen and oxygen atoms in total. The quantitative estimate of drug-likeness (QED) is 0.840. The Morgan fingerprint density at radius 1 is 1.06 bits per heavy atom. The van der Waals surface area contributed by atoms with Gasteiger partial charge in [-0.25, -0.2) is 4.79 Å². The van der Waals surface area contributed by atoms with E-state index in [4.69, 9.17) is 9.84 Å². The first-order valence-electron chi connectivity index (χ1n) is 5.72. The Hall–Kier alpha value is -2.29. The highest BCUT2D eigenvalue weighted by atomic mass is 16.5. The Bertz CT molecular complexity index is 517. The Morgan fingerprint density at radius 3 is 2.28 bits per heavy atom. The van der Waals surface area contributed by atoms with Crippen LogP contribution in [0, 0.1) is 0 Å². The number of hydrogen-bond donors (Lipinski definition) is 1. The smallest absolute Gasteiger partial charge is 0.338 e. The lowest BCUT2D eigenvalue weighted by molar-refractivity contribution is 0.0338. The Labute approximate surface area is 106 Å². The van der Waals surface area contributed by atoms with E-state index in [1.165, 1.54) is 24.3 Å². The number of ether oxygens (including phenoxy) is 1. The lowest BCUT2D eigenvalue weighted by Crippen LogP contribution is -2.08. The fourth-order valence-corrected chi connectivity index (χ4v) is 1.62. The first-order chi connectivity index (χ1) is 8.66. The lowest BCUT2D eigenvalue weighted by atomic mass is 10.1. The van der Waals surface area contributed by atoms with Crippen molar-refractivity contribution >= 4 is 5.97 Å². The van der Waals surface area contributed by atoms with Crippen LogP contribution in [0.3, 0.4) is 0 Å². The highest BCUT2D eigenvalue weighted by Crippen LogP contribution is 2.19. The van der Waals surface area contributed by atoms with Crippen LogP contribution in [0.25, 0.3) is 0 Å². The molecular formula is C15H14O3. The van der Waals surface area contributed by atoms with Crippen molar-refractivity contribution < 1.29 is 14.6 Å². The molecular weight excluding hydrogens is 228 g/mol. The van der Waals surface area contributed by atoms with Gasteiger partial charge in [0.15, 0.2) is 0 Å². The molecule has 0 spiro atoms. The highest BCUT2D eigenvalue weighted by Gasteiger charge is 2.13. The van der Waals surface area contributed by atoms with Gasteiger partial charge in [0, 0.05) is 0 Å². The van der Waals surface area contributed by atoms with Gasteiger partial charge in [-0.2, -0.15) is 0 Å². The molecule has 0 heterocycles. The number of carbonyl (C=O) groups is 1. The van der Waals surface area contributed by atoms with Crippen molar-refractivity contribution in [1.29, 1.82) is 0 Å². The summed E-state index contributed by atoms with van der Waals surface area (Å²) in [6, 6.07) is 15.5. The van der Waals surface area contributed by atoms with Gasteiger partial charge in [-0.3, -0.25) is 0 Å². The summed E-state index contributed by atoms with van der Waals surface area (Å²) in [6.07, 6.45) is -0.299. The molecule has 2 rings (SSSR count). The second-order valence-electron chi connectivity index (χ2n) is 4.01. The molecule has 0 aliphatic carbocycles. The first kappa shape index (κ1) is 12.2. The van der Waals surface area contributed by atoms with Crippen molar-refractivity contribution in [2.45, 2.75) is 13.0 Å². The third kappa shape index (κ3) is 2.88. The zero-order chi connectivity index (χ0) is 13.0. The van der Waals surface area contributed by atoms with Crippen LogP contribution in [-0.4, -0.2) is 11.1 Å². The van der Waals surface area contributed by atoms with E-state index in [-0.39, 0.29) is 11.9 Å². The molecule has 0 amide bonds. The Balaban J connectivity index is 2.06. The SMILES string of the molecule is CC(OC(=O)c1ccc(O)cc1)c1ccccc1. The van der Waals surface area contributed by atoms with Crippen molar-refractivity contribution in [2.75, 3.05) is 0 Å². The summed E-state index contributed by atoms with van der Waals surface area (Å²) in [5.74, 6) is -0.269. The van der Waals surface area contributed by atoms with Gasteiger partial charge < -0.3 is 9.84 Å². The molecule has 0 bridgehead atoms. The summed E-state index contributed by atoms with van der Waals surface area (Å²) in [6.45, 7) is 1.83. The molecule has 1 N–H and O–H groups in total. The molecule has 0 fully saturated rings. The normalized spacial score (nSPS) is 11.8. The van der Waals surface area contributed by atoms with E-state index in [2.05, 4.69) is 0 Å². The lowest BCUT2D eigenvalue weighted by Gasteiger charge is -2.13. The van der Waals surface area contributed by atoms with Crippen LogP contribution in [0.5, 0.6) is 5.75 Å². The highest BCUT2D eigenvalue weighted by molar-refractivity contribution is 5.89. The molecule has 1 atom stereocenters. The molecule has 0 saturated heterocycles. The number of hydrogen-bond acceptors (Lipinski definition) is 3. The molecule has 0 aromatic heterocycles. The number of phenols is 1. The third-order valence-electron chi connectivity index (χ3n) is 2.66. The molecule has 0 radical (unpaired) electrons. The maximum atomic E-state index is 11.8. The summed E-state index contributed by atoms with van der Waals surface area (Å²) < 4.78 is 5.34. The number of carbonyl (C=O) groups excluding carboxylic acids is 1. The van der Waals surface area contributed by atoms with Gasteiger partial charge in [-0.15, -0.1) is 0 Å². The van der Waals surface area contributed by atoms with Crippen molar-refractivity contribution in [2.24, 2.45) is 0 Å². The fourth-order valence-electron chi connectivity index (χ4n) is 1.62. The van der Waals surface area contributed by atoms with Gasteiger partial charge in [-0.05, 0) is 36.8 Å². The first-order valence-corrected chi connectivity index (χ1v) is 5.72. The van der Waals surface area contributed by atoms with Gasteiger partial charge in [0.05, 0.1) is 5.56 Å². The minimum absolute atomic E-state index is 0.127. The standard InChI is InChI=1S/C15H14O3/c1-11(12-5-3-2-4-6-12)18-15(17)13-7-9-14(16)10-8-13/h2-11,16H,1H3. The summed E-state index contributed by atoms with van der Waals surface area (Å²) in [5.41, 5.74) is 1.38. The topological polar surface area (TPSA) is 46.5 Å². The van der Waals surface area contributed by atoms with E-state index in [0.29, 0.717) is 5.56 Å². The Kier molecular flexibility index (Phi) is 3.63. The van der Waals surface area contributed by atoms with Crippen LogP contribution in [0.4, 0.5) is 0 Å². The zero-order valence-corrected chi connectivity index (χ0v) is 10.0. The van der Waals surface area contributed by atoms with Crippen LogP contribution >= 0.6 is 0 Å². The average molecular weight is 242 g/mol. The number of phenolic OH excluding ortho intramolecular Hbond substituents is 1. The summed E-state index contributed by atoms with van der Waals surface area (Å²) in [7, 11) is 0. The second kappa shape index (κ2) is 5.36. The summed E-state index contributed by atoms with van der Waals surface area (Å²) >= 11 is 0. The number of esters is 1. The van der Waals surface area contributed by atoms with Crippen molar-refractivity contribution in [3.8, 4) is 5.75 Å². The Morgan fingerprint density at radius 2 is 1.67 bits per heavy atom. The minimum atomic E-state index is -0.397. The molecule has 0 saturated carbocycles. The van der Waals surface area contributed by atoms with Gasteiger partial charge in [-0.1, -0.05) is 30.3 Å². The zero-order valence-electron chi connectivity index (χ0n) is 10.0. The van der Waals surface area contributed by atoms with E-state index in [1.807, 2.05) is 37.3 Å². The van der Waals surface area contributed by atoms with Crippen molar-refractivity contribution in [3.05, 3.63) is 65.7 Å². The van der Waals surface area contributed by atoms with Gasteiger partial charge in [0.25, 0.3) is 0 Å².